The van der Waals surface area contributed by atoms with Gasteiger partial charge in [0.1, 0.15) is 5.82 Å². The van der Waals surface area contributed by atoms with E-state index in [4.69, 9.17) is 23.2 Å². The maximum atomic E-state index is 13.2. The van der Waals surface area contributed by atoms with Gasteiger partial charge in [-0.3, -0.25) is 0 Å². The van der Waals surface area contributed by atoms with Gasteiger partial charge in [0.25, 0.3) is 0 Å². The Balaban J connectivity index is 1.88. The second kappa shape index (κ2) is 5.03. The minimum Gasteiger partial charge on any atom is -0.377 e. The third-order valence-corrected chi connectivity index (χ3v) is 4.01. The first kappa shape index (κ1) is 12.8. The summed E-state index contributed by atoms with van der Waals surface area (Å²) in [5.74, 6) is -0.180. The Morgan fingerprint density at radius 1 is 1.11 bits per heavy atom. The van der Waals surface area contributed by atoms with Gasteiger partial charge in [-0.25, -0.2) is 4.39 Å². The van der Waals surface area contributed by atoms with E-state index in [9.17, 15) is 4.39 Å². The molecule has 2 aromatic rings. The summed E-state index contributed by atoms with van der Waals surface area (Å²) < 4.78 is 13.2. The Labute approximate surface area is 121 Å². The number of hydrogen-bond acceptors (Lipinski definition) is 1. The lowest BCUT2D eigenvalue weighted by molar-refractivity contribution is 0.626. The maximum absolute atomic E-state index is 13.2. The second-order valence-electron chi connectivity index (χ2n) is 4.70. The Morgan fingerprint density at radius 3 is 2.79 bits per heavy atom. The quantitative estimate of drug-likeness (QED) is 0.800. The summed E-state index contributed by atoms with van der Waals surface area (Å²) in [4.78, 5) is 0. The van der Waals surface area contributed by atoms with Gasteiger partial charge in [-0.05, 0) is 54.3 Å². The largest absolute Gasteiger partial charge is 0.377 e. The summed E-state index contributed by atoms with van der Waals surface area (Å²) in [6.07, 6.45) is 1.81. The van der Waals surface area contributed by atoms with Crippen molar-refractivity contribution in [1.29, 1.82) is 0 Å². The Hall–Kier alpha value is -1.25. The van der Waals surface area contributed by atoms with Crippen molar-refractivity contribution in [2.24, 2.45) is 0 Å². The number of halogens is 3. The maximum Gasteiger partial charge on any atom is 0.123 e. The number of hydrogen-bond donors (Lipinski definition) is 1. The molecule has 0 aromatic heterocycles. The number of benzene rings is 2. The minimum atomic E-state index is -0.180. The summed E-state index contributed by atoms with van der Waals surface area (Å²) in [5.41, 5.74) is 3.02. The molecule has 4 heteroatoms. The predicted octanol–water partition coefficient (Wildman–Crippen LogP) is 5.23. The molecule has 0 bridgehead atoms. The van der Waals surface area contributed by atoms with E-state index < -0.39 is 0 Å². The van der Waals surface area contributed by atoms with Crippen LogP contribution in [0, 0.1) is 5.82 Å². The molecular weight excluding hydrogens is 284 g/mol. The van der Waals surface area contributed by atoms with E-state index in [1.54, 1.807) is 18.2 Å². The number of anilines is 1. The average Bonchev–Trinajstić information content (AvgIpc) is 2.76. The monoisotopic (exact) mass is 295 g/mol. The van der Waals surface area contributed by atoms with E-state index in [0.29, 0.717) is 10.0 Å². The zero-order valence-electron chi connectivity index (χ0n) is 10.1. The summed E-state index contributed by atoms with van der Waals surface area (Å²) >= 11 is 12.1. The number of aryl methyl sites for hydroxylation is 1. The van der Waals surface area contributed by atoms with Crippen LogP contribution >= 0.6 is 23.2 Å². The molecule has 19 heavy (non-hydrogen) atoms. The molecule has 0 amide bonds. The minimum absolute atomic E-state index is 0.159. The molecule has 1 aliphatic carbocycles. The van der Waals surface area contributed by atoms with Crippen LogP contribution < -0.4 is 5.32 Å². The summed E-state index contributed by atoms with van der Waals surface area (Å²) in [6.45, 7) is 0. The van der Waals surface area contributed by atoms with Crippen LogP contribution in [0.15, 0.2) is 36.4 Å². The fourth-order valence-electron chi connectivity index (χ4n) is 2.53. The van der Waals surface area contributed by atoms with E-state index in [0.717, 1.165) is 29.7 Å². The fourth-order valence-corrected chi connectivity index (χ4v) is 2.88. The highest BCUT2D eigenvalue weighted by molar-refractivity contribution is 6.35. The van der Waals surface area contributed by atoms with Crippen LogP contribution in [-0.4, -0.2) is 0 Å². The highest BCUT2D eigenvalue weighted by Crippen LogP contribution is 2.36. The second-order valence-corrected chi connectivity index (χ2v) is 5.55. The third kappa shape index (κ3) is 2.56. The molecule has 0 heterocycles. The van der Waals surface area contributed by atoms with Crippen molar-refractivity contribution >= 4 is 28.9 Å². The van der Waals surface area contributed by atoms with Gasteiger partial charge in [0.05, 0.1) is 16.8 Å². The third-order valence-electron chi connectivity index (χ3n) is 3.44. The van der Waals surface area contributed by atoms with E-state index in [1.165, 1.54) is 6.07 Å². The number of rotatable bonds is 2. The molecule has 1 nitrogen and oxygen atoms in total. The SMILES string of the molecule is Fc1ccc2c(c1)CCC2Nc1cc(Cl)ccc1Cl. The molecule has 0 radical (unpaired) electrons. The lowest BCUT2D eigenvalue weighted by Crippen LogP contribution is -2.07. The van der Waals surface area contributed by atoms with E-state index >= 15 is 0 Å². The molecule has 3 rings (SSSR count). The normalized spacial score (nSPS) is 17.3. The van der Waals surface area contributed by atoms with Crippen LogP contribution in [0.3, 0.4) is 0 Å². The summed E-state index contributed by atoms with van der Waals surface area (Å²) in [5, 5.41) is 4.67. The standard InChI is InChI=1S/C15H12Cl2FN/c16-10-2-5-13(17)15(8-10)19-14-6-1-9-7-11(18)3-4-12(9)14/h2-5,7-8,14,19H,1,6H2. The first-order valence-corrected chi connectivity index (χ1v) is 6.89. The molecule has 98 valence electrons. The highest BCUT2D eigenvalue weighted by atomic mass is 35.5. The molecule has 0 spiro atoms. The van der Waals surface area contributed by atoms with Gasteiger partial charge in [0.2, 0.25) is 0 Å². The Morgan fingerprint density at radius 2 is 1.95 bits per heavy atom. The molecule has 2 aromatic carbocycles. The van der Waals surface area contributed by atoms with E-state index in [2.05, 4.69) is 5.32 Å². The first-order chi connectivity index (χ1) is 9.13. The topological polar surface area (TPSA) is 12.0 Å². The van der Waals surface area contributed by atoms with Crippen molar-refractivity contribution in [1.82, 2.24) is 0 Å². The summed E-state index contributed by atoms with van der Waals surface area (Å²) in [6, 6.07) is 10.4. The van der Waals surface area contributed by atoms with Gasteiger partial charge in [-0.1, -0.05) is 29.3 Å². The predicted molar refractivity (Wildman–Crippen MR) is 77.5 cm³/mol. The number of nitrogens with one attached hydrogen (secondary N) is 1. The molecule has 0 saturated carbocycles. The van der Waals surface area contributed by atoms with Gasteiger partial charge < -0.3 is 5.32 Å². The molecule has 1 N–H and O–H groups in total. The van der Waals surface area contributed by atoms with Crippen molar-refractivity contribution in [3.05, 3.63) is 63.4 Å². The lowest BCUT2D eigenvalue weighted by Gasteiger charge is -2.17. The smallest absolute Gasteiger partial charge is 0.123 e. The Kier molecular flexibility index (Phi) is 3.38. The van der Waals surface area contributed by atoms with Crippen LogP contribution in [0.2, 0.25) is 10.0 Å². The van der Waals surface area contributed by atoms with Crippen molar-refractivity contribution in [2.75, 3.05) is 5.32 Å². The van der Waals surface area contributed by atoms with Gasteiger partial charge in [-0.2, -0.15) is 0 Å². The van der Waals surface area contributed by atoms with Crippen LogP contribution in [0.1, 0.15) is 23.6 Å². The van der Waals surface area contributed by atoms with Crippen LogP contribution in [-0.2, 0) is 6.42 Å². The fraction of sp³-hybridized carbons (Fsp3) is 0.200. The van der Waals surface area contributed by atoms with Crippen LogP contribution in [0.25, 0.3) is 0 Å². The number of fused-ring (bicyclic) bond motifs is 1. The zero-order valence-corrected chi connectivity index (χ0v) is 11.6. The molecule has 0 aliphatic heterocycles. The van der Waals surface area contributed by atoms with E-state index in [1.807, 2.05) is 12.1 Å². The lowest BCUT2D eigenvalue weighted by atomic mass is 10.1. The Bertz CT molecular complexity index is 628. The first-order valence-electron chi connectivity index (χ1n) is 6.13. The van der Waals surface area contributed by atoms with Gasteiger partial charge in [0, 0.05) is 5.02 Å². The van der Waals surface area contributed by atoms with Crippen molar-refractivity contribution in [2.45, 2.75) is 18.9 Å². The molecule has 1 atom stereocenters. The molecule has 0 fully saturated rings. The van der Waals surface area contributed by atoms with Gasteiger partial charge >= 0.3 is 0 Å². The zero-order chi connectivity index (χ0) is 13.4. The van der Waals surface area contributed by atoms with Crippen molar-refractivity contribution in [3.63, 3.8) is 0 Å². The van der Waals surface area contributed by atoms with Crippen molar-refractivity contribution < 1.29 is 4.39 Å². The molecular formula is C15H12Cl2FN. The molecule has 1 aliphatic rings. The summed E-state index contributed by atoms with van der Waals surface area (Å²) in [7, 11) is 0. The van der Waals surface area contributed by atoms with Gasteiger partial charge in [0.15, 0.2) is 0 Å². The van der Waals surface area contributed by atoms with Crippen LogP contribution in [0.5, 0.6) is 0 Å². The molecule has 0 saturated heterocycles. The highest BCUT2D eigenvalue weighted by Gasteiger charge is 2.23. The van der Waals surface area contributed by atoms with E-state index in [-0.39, 0.29) is 11.9 Å². The van der Waals surface area contributed by atoms with Gasteiger partial charge in [-0.15, -0.1) is 0 Å². The van der Waals surface area contributed by atoms with Crippen molar-refractivity contribution in [3.8, 4) is 0 Å². The average molecular weight is 296 g/mol. The van der Waals surface area contributed by atoms with Crippen LogP contribution in [0.4, 0.5) is 10.1 Å². The molecule has 1 unspecified atom stereocenters.